The third-order valence-electron chi connectivity index (χ3n) is 3.16. The second kappa shape index (κ2) is 5.60. The van der Waals surface area contributed by atoms with E-state index in [4.69, 9.17) is 5.73 Å². The Labute approximate surface area is 107 Å². The van der Waals surface area contributed by atoms with Crippen molar-refractivity contribution in [2.24, 2.45) is 5.73 Å². The summed E-state index contributed by atoms with van der Waals surface area (Å²) in [5.74, 6) is 0.815. The predicted octanol–water partition coefficient (Wildman–Crippen LogP) is -0.563. The van der Waals surface area contributed by atoms with Gasteiger partial charge in [-0.2, -0.15) is 0 Å². The Morgan fingerprint density at radius 1 is 1.44 bits per heavy atom. The lowest BCUT2D eigenvalue weighted by molar-refractivity contribution is 0.191. The molecule has 1 saturated heterocycles. The Balaban J connectivity index is 2.13. The minimum Gasteiger partial charge on any atom is -0.391 e. The summed E-state index contributed by atoms with van der Waals surface area (Å²) in [5, 5.41) is 9.82. The zero-order chi connectivity index (χ0) is 13.1. The van der Waals surface area contributed by atoms with Gasteiger partial charge < -0.3 is 20.6 Å². The van der Waals surface area contributed by atoms with Crippen molar-refractivity contribution in [2.45, 2.75) is 25.1 Å². The minimum absolute atomic E-state index is 0.285. The fourth-order valence-electron chi connectivity index (χ4n) is 2.37. The lowest BCUT2D eigenvalue weighted by Gasteiger charge is -2.27. The second-order valence-corrected chi connectivity index (χ2v) is 5.03. The molecule has 1 aromatic heterocycles. The van der Waals surface area contributed by atoms with Crippen LogP contribution in [0.4, 0.5) is 5.82 Å². The van der Waals surface area contributed by atoms with E-state index in [2.05, 4.69) is 19.8 Å². The molecule has 0 saturated carbocycles. The van der Waals surface area contributed by atoms with Gasteiger partial charge >= 0.3 is 0 Å². The number of aliphatic hydroxyl groups excluding tert-OH is 1. The van der Waals surface area contributed by atoms with E-state index in [0.717, 1.165) is 24.5 Å². The number of hydrogen-bond acceptors (Lipinski definition) is 6. The molecule has 3 N–H and O–H groups in total. The number of rotatable bonds is 4. The number of aliphatic hydroxyl groups is 1. The van der Waals surface area contributed by atoms with E-state index in [1.165, 1.54) is 0 Å². The van der Waals surface area contributed by atoms with Gasteiger partial charge in [0.2, 0.25) is 0 Å². The zero-order valence-electron chi connectivity index (χ0n) is 11.0. The average Bonchev–Trinajstić information content (AvgIpc) is 2.69. The fraction of sp³-hybridized carbons (Fsp3) is 0.667. The number of nitrogens with two attached hydrogens (primary N) is 1. The van der Waals surface area contributed by atoms with Gasteiger partial charge in [-0.1, -0.05) is 0 Å². The number of β-amino-alcohol motifs (C(OH)–C–C–N with tert-alkyl or cyclic N) is 1. The van der Waals surface area contributed by atoms with E-state index in [1.807, 2.05) is 14.1 Å². The highest BCUT2D eigenvalue weighted by molar-refractivity contribution is 5.39. The molecule has 0 aliphatic carbocycles. The maximum atomic E-state index is 9.82. The molecule has 0 radical (unpaired) electrons. The first-order chi connectivity index (χ1) is 8.60. The first kappa shape index (κ1) is 13.2. The largest absolute Gasteiger partial charge is 0.391 e. The Morgan fingerprint density at radius 3 is 2.78 bits per heavy atom. The summed E-state index contributed by atoms with van der Waals surface area (Å²) in [4.78, 5) is 12.9. The molecule has 2 rings (SSSR count). The third kappa shape index (κ3) is 2.95. The Kier molecular flexibility index (Phi) is 4.11. The summed E-state index contributed by atoms with van der Waals surface area (Å²) in [5.41, 5.74) is 6.29. The monoisotopic (exact) mass is 251 g/mol. The molecule has 1 aliphatic heterocycles. The lowest BCUT2D eigenvalue weighted by Crippen LogP contribution is -2.38. The predicted molar refractivity (Wildman–Crippen MR) is 70.2 cm³/mol. The fourth-order valence-corrected chi connectivity index (χ4v) is 2.37. The number of aromatic nitrogens is 2. The lowest BCUT2D eigenvalue weighted by atomic mass is 10.2. The highest BCUT2D eigenvalue weighted by atomic mass is 16.3. The van der Waals surface area contributed by atoms with Crippen LogP contribution in [0.5, 0.6) is 0 Å². The van der Waals surface area contributed by atoms with E-state index < -0.39 is 0 Å². The van der Waals surface area contributed by atoms with Crippen LogP contribution in [0.2, 0.25) is 0 Å². The Morgan fingerprint density at radius 2 is 2.22 bits per heavy atom. The van der Waals surface area contributed by atoms with Crippen molar-refractivity contribution in [3.63, 3.8) is 0 Å². The normalized spacial score (nSPS) is 23.9. The molecule has 1 aromatic rings. The molecule has 6 nitrogen and oxygen atoms in total. The van der Waals surface area contributed by atoms with Gasteiger partial charge in [-0.15, -0.1) is 0 Å². The van der Waals surface area contributed by atoms with Gasteiger partial charge in [0.15, 0.2) is 0 Å². The van der Waals surface area contributed by atoms with E-state index in [1.54, 1.807) is 12.4 Å². The number of anilines is 1. The first-order valence-corrected chi connectivity index (χ1v) is 6.20. The van der Waals surface area contributed by atoms with Crippen molar-refractivity contribution in [1.29, 1.82) is 0 Å². The molecule has 2 atom stereocenters. The average molecular weight is 251 g/mol. The minimum atomic E-state index is -0.286. The molecule has 0 amide bonds. The molecular weight excluding hydrogens is 230 g/mol. The molecule has 0 spiro atoms. The van der Waals surface area contributed by atoms with Crippen molar-refractivity contribution in [2.75, 3.05) is 32.1 Å². The molecule has 2 unspecified atom stereocenters. The van der Waals surface area contributed by atoms with E-state index in [-0.39, 0.29) is 12.1 Å². The Hall–Kier alpha value is -1.24. The van der Waals surface area contributed by atoms with Crippen LogP contribution in [0.1, 0.15) is 12.1 Å². The molecular formula is C12H21N5O. The number of nitrogens with zero attached hydrogens (tertiary/aromatic N) is 4. The van der Waals surface area contributed by atoms with Crippen LogP contribution < -0.4 is 10.6 Å². The molecule has 1 fully saturated rings. The summed E-state index contributed by atoms with van der Waals surface area (Å²) in [6, 6.07) is 0.285. The molecule has 6 heteroatoms. The summed E-state index contributed by atoms with van der Waals surface area (Å²) < 4.78 is 0. The number of likely N-dealkylation sites (N-methyl/N-ethyl adjacent to an activating group) is 1. The van der Waals surface area contributed by atoms with Gasteiger partial charge in [-0.3, -0.25) is 4.98 Å². The van der Waals surface area contributed by atoms with Crippen LogP contribution in [0.3, 0.4) is 0 Å². The first-order valence-electron chi connectivity index (χ1n) is 6.20. The van der Waals surface area contributed by atoms with Crippen molar-refractivity contribution in [3.05, 3.63) is 18.1 Å². The van der Waals surface area contributed by atoms with Crippen LogP contribution in [-0.4, -0.2) is 59.3 Å². The quantitative estimate of drug-likeness (QED) is 0.746. The van der Waals surface area contributed by atoms with Gasteiger partial charge in [0.25, 0.3) is 0 Å². The van der Waals surface area contributed by atoms with Crippen molar-refractivity contribution >= 4 is 5.82 Å². The van der Waals surface area contributed by atoms with Gasteiger partial charge in [-0.25, -0.2) is 4.98 Å². The summed E-state index contributed by atoms with van der Waals surface area (Å²) in [6.07, 6.45) is 3.93. The van der Waals surface area contributed by atoms with Gasteiger partial charge in [0, 0.05) is 25.7 Å². The highest BCUT2D eigenvalue weighted by Gasteiger charge is 2.32. The smallest absolute Gasteiger partial charge is 0.147 e. The standard InChI is InChI=1S/C12H21N5O/c1-16(2)7-10-3-11(18)8-17(10)12-6-14-9(4-13)5-15-12/h5-6,10-11,18H,3-4,7-8,13H2,1-2H3. The molecule has 0 aromatic carbocycles. The molecule has 0 bridgehead atoms. The zero-order valence-corrected chi connectivity index (χ0v) is 11.0. The van der Waals surface area contributed by atoms with Gasteiger partial charge in [0.1, 0.15) is 5.82 Å². The summed E-state index contributed by atoms with van der Waals surface area (Å²) >= 11 is 0. The van der Waals surface area contributed by atoms with Crippen LogP contribution in [0.15, 0.2) is 12.4 Å². The van der Waals surface area contributed by atoms with Crippen LogP contribution in [-0.2, 0) is 6.54 Å². The molecule has 18 heavy (non-hydrogen) atoms. The molecule has 100 valence electrons. The van der Waals surface area contributed by atoms with E-state index in [0.29, 0.717) is 13.1 Å². The topological polar surface area (TPSA) is 78.5 Å². The summed E-state index contributed by atoms with van der Waals surface area (Å²) in [7, 11) is 4.07. The van der Waals surface area contributed by atoms with E-state index >= 15 is 0 Å². The van der Waals surface area contributed by atoms with Crippen molar-refractivity contribution in [3.8, 4) is 0 Å². The van der Waals surface area contributed by atoms with Gasteiger partial charge in [0.05, 0.1) is 24.2 Å². The van der Waals surface area contributed by atoms with Crippen molar-refractivity contribution < 1.29 is 5.11 Å². The maximum absolute atomic E-state index is 9.82. The molecule has 1 aliphatic rings. The Bertz CT molecular complexity index is 381. The van der Waals surface area contributed by atoms with E-state index in [9.17, 15) is 5.11 Å². The van der Waals surface area contributed by atoms with Crippen molar-refractivity contribution in [1.82, 2.24) is 14.9 Å². The number of hydrogen-bond donors (Lipinski definition) is 2. The summed E-state index contributed by atoms with van der Waals surface area (Å²) in [6.45, 7) is 1.92. The highest BCUT2D eigenvalue weighted by Crippen LogP contribution is 2.23. The molecule has 2 heterocycles. The SMILES string of the molecule is CN(C)CC1CC(O)CN1c1cnc(CN)cn1. The van der Waals surface area contributed by atoms with Crippen LogP contribution in [0.25, 0.3) is 0 Å². The maximum Gasteiger partial charge on any atom is 0.147 e. The van der Waals surface area contributed by atoms with Crippen LogP contribution >= 0.6 is 0 Å². The second-order valence-electron chi connectivity index (χ2n) is 5.03. The third-order valence-corrected chi connectivity index (χ3v) is 3.16. The van der Waals surface area contributed by atoms with Crippen LogP contribution in [0, 0.1) is 0 Å². The van der Waals surface area contributed by atoms with Gasteiger partial charge in [-0.05, 0) is 20.5 Å².